The third-order valence-electron chi connectivity index (χ3n) is 3.97. The molecule has 0 aliphatic heterocycles. The maximum Gasteiger partial charge on any atom is 0.338 e. The van der Waals surface area contributed by atoms with E-state index in [2.05, 4.69) is 10.6 Å². The Labute approximate surface area is 167 Å². The highest BCUT2D eigenvalue weighted by molar-refractivity contribution is 5.95. The van der Waals surface area contributed by atoms with Gasteiger partial charge in [-0.2, -0.15) is 0 Å². The van der Waals surface area contributed by atoms with Gasteiger partial charge in [0.15, 0.2) is 18.2 Å². The number of amides is 2. The fourth-order valence-electron chi connectivity index (χ4n) is 2.33. The molecule has 0 unspecified atom stereocenters. The molecule has 6 nitrogen and oxygen atoms in total. The minimum absolute atomic E-state index is 0.0493. The van der Waals surface area contributed by atoms with E-state index in [9.17, 15) is 23.2 Å². The van der Waals surface area contributed by atoms with Crippen LogP contribution in [0.4, 0.5) is 14.5 Å². The van der Waals surface area contributed by atoms with Crippen LogP contribution in [0.25, 0.3) is 0 Å². The topological polar surface area (TPSA) is 84.5 Å². The minimum Gasteiger partial charge on any atom is -0.452 e. The number of anilines is 1. The normalized spacial score (nSPS) is 10.9. The zero-order chi connectivity index (χ0) is 21.6. The lowest BCUT2D eigenvalue weighted by Crippen LogP contribution is -2.35. The summed E-state index contributed by atoms with van der Waals surface area (Å²) in [6.45, 7) is 5.17. The Hall–Kier alpha value is -3.29. The lowest BCUT2D eigenvalue weighted by atomic mass is 9.87. The van der Waals surface area contributed by atoms with E-state index in [1.807, 2.05) is 32.9 Å². The Morgan fingerprint density at radius 2 is 1.59 bits per heavy atom. The summed E-state index contributed by atoms with van der Waals surface area (Å²) in [5.41, 5.74) is 1.36. The molecule has 0 heterocycles. The molecule has 0 radical (unpaired) electrons. The first-order valence-corrected chi connectivity index (χ1v) is 8.85. The fraction of sp³-hybridized carbons (Fsp3) is 0.286. The first-order valence-electron chi connectivity index (χ1n) is 8.85. The smallest absolute Gasteiger partial charge is 0.338 e. The fourth-order valence-corrected chi connectivity index (χ4v) is 2.33. The van der Waals surface area contributed by atoms with Gasteiger partial charge < -0.3 is 15.4 Å². The molecule has 2 aromatic rings. The number of halogens is 2. The number of carbonyl (C=O) groups excluding carboxylic acids is 3. The Kier molecular flexibility index (Phi) is 7.03. The van der Waals surface area contributed by atoms with Gasteiger partial charge in [0.25, 0.3) is 5.91 Å². The third-order valence-corrected chi connectivity index (χ3v) is 3.97. The summed E-state index contributed by atoms with van der Waals surface area (Å²) in [6.07, 6.45) is 0. The number of benzene rings is 2. The molecule has 0 fully saturated rings. The predicted molar refractivity (Wildman–Crippen MR) is 103 cm³/mol. The van der Waals surface area contributed by atoms with E-state index in [1.165, 1.54) is 6.07 Å². The molecule has 0 spiro atoms. The number of nitrogens with one attached hydrogen (secondary N) is 2. The van der Waals surface area contributed by atoms with Crippen molar-refractivity contribution in [3.8, 4) is 0 Å². The van der Waals surface area contributed by atoms with Crippen LogP contribution < -0.4 is 10.6 Å². The first-order chi connectivity index (χ1) is 13.6. The maximum atomic E-state index is 13.1. The summed E-state index contributed by atoms with van der Waals surface area (Å²) in [4.78, 5) is 35.5. The van der Waals surface area contributed by atoms with Crippen LogP contribution in [-0.4, -0.2) is 30.9 Å². The number of ether oxygens (including phenoxy) is 1. The van der Waals surface area contributed by atoms with E-state index in [0.29, 0.717) is 5.56 Å². The Morgan fingerprint density at radius 3 is 2.17 bits per heavy atom. The Balaban J connectivity index is 1.76. The molecule has 0 bridgehead atoms. The van der Waals surface area contributed by atoms with E-state index in [1.54, 1.807) is 12.1 Å². The zero-order valence-corrected chi connectivity index (χ0v) is 16.3. The molecule has 2 amide bonds. The first kappa shape index (κ1) is 22.0. The van der Waals surface area contributed by atoms with Crippen LogP contribution in [-0.2, 0) is 19.7 Å². The number of esters is 1. The number of hydrogen-bond donors (Lipinski definition) is 2. The molecule has 0 aliphatic carbocycles. The molecule has 0 atom stereocenters. The van der Waals surface area contributed by atoms with Crippen molar-refractivity contribution in [3.05, 3.63) is 65.2 Å². The van der Waals surface area contributed by atoms with Crippen molar-refractivity contribution in [1.29, 1.82) is 0 Å². The largest absolute Gasteiger partial charge is 0.452 e. The molecular weight excluding hydrogens is 382 g/mol. The highest BCUT2D eigenvalue weighted by atomic mass is 19.2. The van der Waals surface area contributed by atoms with Crippen LogP contribution in [0.15, 0.2) is 42.5 Å². The van der Waals surface area contributed by atoms with Gasteiger partial charge in [-0.15, -0.1) is 0 Å². The second-order valence-electron chi connectivity index (χ2n) is 7.36. The standard InChI is InChI=1S/C21H22F2N2O4/c1-21(2,3)14-6-4-13(5-7-14)20(28)29-12-19(27)24-11-18(26)25-15-8-9-16(22)17(23)10-15/h4-10H,11-12H2,1-3H3,(H,24,27)(H,25,26). The molecule has 8 heteroatoms. The molecule has 2 aromatic carbocycles. The van der Waals surface area contributed by atoms with Crippen LogP contribution in [0.5, 0.6) is 0 Å². The Morgan fingerprint density at radius 1 is 0.931 bits per heavy atom. The van der Waals surface area contributed by atoms with E-state index in [-0.39, 0.29) is 11.1 Å². The quantitative estimate of drug-likeness (QED) is 0.725. The molecule has 2 rings (SSSR count). The summed E-state index contributed by atoms with van der Waals surface area (Å²) >= 11 is 0. The zero-order valence-electron chi connectivity index (χ0n) is 16.3. The molecule has 0 aromatic heterocycles. The average molecular weight is 404 g/mol. The maximum absolute atomic E-state index is 13.1. The SMILES string of the molecule is CC(C)(C)c1ccc(C(=O)OCC(=O)NCC(=O)Nc2ccc(F)c(F)c2)cc1. The second-order valence-corrected chi connectivity index (χ2v) is 7.36. The van der Waals surface area contributed by atoms with Gasteiger partial charge in [0, 0.05) is 11.8 Å². The van der Waals surface area contributed by atoms with Crippen molar-refractivity contribution in [2.45, 2.75) is 26.2 Å². The lowest BCUT2D eigenvalue weighted by Gasteiger charge is -2.18. The highest BCUT2D eigenvalue weighted by Crippen LogP contribution is 2.22. The van der Waals surface area contributed by atoms with Gasteiger partial charge in [-0.3, -0.25) is 9.59 Å². The summed E-state index contributed by atoms with van der Waals surface area (Å²) in [5, 5.41) is 4.57. The van der Waals surface area contributed by atoms with Gasteiger partial charge in [0.05, 0.1) is 12.1 Å². The van der Waals surface area contributed by atoms with Gasteiger partial charge >= 0.3 is 5.97 Å². The molecule has 154 valence electrons. The Bertz CT molecular complexity index is 906. The summed E-state index contributed by atoms with van der Waals surface area (Å²) in [6, 6.07) is 9.76. The number of hydrogen-bond acceptors (Lipinski definition) is 4. The monoisotopic (exact) mass is 404 g/mol. The van der Waals surface area contributed by atoms with E-state index in [0.717, 1.165) is 17.7 Å². The van der Waals surface area contributed by atoms with Crippen LogP contribution in [0.1, 0.15) is 36.7 Å². The van der Waals surface area contributed by atoms with Gasteiger partial charge in [0.1, 0.15) is 0 Å². The van der Waals surface area contributed by atoms with Gasteiger partial charge in [0.2, 0.25) is 5.91 Å². The number of carbonyl (C=O) groups is 3. The van der Waals surface area contributed by atoms with Crippen LogP contribution in [0.3, 0.4) is 0 Å². The molecule has 0 saturated heterocycles. The van der Waals surface area contributed by atoms with Crippen molar-refractivity contribution < 1.29 is 27.9 Å². The van der Waals surface area contributed by atoms with Gasteiger partial charge in [-0.05, 0) is 35.2 Å². The van der Waals surface area contributed by atoms with Crippen molar-refractivity contribution in [1.82, 2.24) is 5.32 Å². The number of rotatable bonds is 6. The second kappa shape index (κ2) is 9.27. The molecule has 2 N–H and O–H groups in total. The molecule has 0 saturated carbocycles. The average Bonchev–Trinajstić information content (AvgIpc) is 2.66. The van der Waals surface area contributed by atoms with Crippen molar-refractivity contribution >= 4 is 23.5 Å². The molecule has 0 aliphatic rings. The van der Waals surface area contributed by atoms with Gasteiger partial charge in [-0.1, -0.05) is 32.9 Å². The summed E-state index contributed by atoms with van der Waals surface area (Å²) < 4.78 is 30.9. The molecular formula is C21H22F2N2O4. The third kappa shape index (κ3) is 6.67. The van der Waals surface area contributed by atoms with E-state index >= 15 is 0 Å². The highest BCUT2D eigenvalue weighted by Gasteiger charge is 2.16. The minimum atomic E-state index is -1.10. The van der Waals surface area contributed by atoms with E-state index in [4.69, 9.17) is 4.74 Å². The van der Waals surface area contributed by atoms with Crippen molar-refractivity contribution in [2.24, 2.45) is 0 Å². The van der Waals surface area contributed by atoms with Crippen LogP contribution in [0, 0.1) is 11.6 Å². The summed E-state index contributed by atoms with van der Waals surface area (Å²) in [5.74, 6) is -4.12. The van der Waals surface area contributed by atoms with Crippen LogP contribution >= 0.6 is 0 Å². The lowest BCUT2D eigenvalue weighted by molar-refractivity contribution is -0.126. The van der Waals surface area contributed by atoms with E-state index < -0.39 is 42.6 Å². The van der Waals surface area contributed by atoms with Crippen molar-refractivity contribution in [3.63, 3.8) is 0 Å². The predicted octanol–water partition coefficient (Wildman–Crippen LogP) is 3.17. The van der Waals surface area contributed by atoms with Crippen molar-refractivity contribution in [2.75, 3.05) is 18.5 Å². The van der Waals surface area contributed by atoms with Gasteiger partial charge in [-0.25, -0.2) is 13.6 Å². The summed E-state index contributed by atoms with van der Waals surface area (Å²) in [7, 11) is 0. The van der Waals surface area contributed by atoms with Crippen LogP contribution in [0.2, 0.25) is 0 Å². The molecule has 29 heavy (non-hydrogen) atoms.